The van der Waals surface area contributed by atoms with Gasteiger partial charge in [-0.25, -0.2) is 0 Å². The maximum absolute atomic E-state index is 6.94. The van der Waals surface area contributed by atoms with Gasteiger partial charge in [0.05, 0.1) is 0 Å². The molecule has 0 fully saturated rings. The van der Waals surface area contributed by atoms with Crippen molar-refractivity contribution in [1.82, 2.24) is 0 Å². The van der Waals surface area contributed by atoms with Crippen LogP contribution in [0.25, 0.3) is 0 Å². The lowest BCUT2D eigenvalue weighted by Crippen LogP contribution is -2.47. The summed E-state index contributed by atoms with van der Waals surface area (Å²) in [6.45, 7) is 16.3. The van der Waals surface area contributed by atoms with Gasteiger partial charge in [0.1, 0.15) is 0 Å². The Morgan fingerprint density at radius 2 is 1.10 bits per heavy atom. The molecule has 0 rings (SSSR count). The lowest BCUT2D eigenvalue weighted by atomic mass is 9.72. The van der Waals surface area contributed by atoms with E-state index in [0.29, 0.717) is 5.92 Å². The fraction of sp³-hybridized carbons (Fsp3) is 1.00. The van der Waals surface area contributed by atoms with Gasteiger partial charge < -0.3 is 5.73 Å². The van der Waals surface area contributed by atoms with Crippen molar-refractivity contribution in [3.63, 3.8) is 0 Å². The summed E-state index contributed by atoms with van der Waals surface area (Å²) in [5.74, 6) is 3.02. The van der Waals surface area contributed by atoms with Gasteiger partial charge in [-0.3, -0.25) is 0 Å². The average Bonchev–Trinajstić information content (AvgIpc) is 2.34. The minimum atomic E-state index is 0. The van der Waals surface area contributed by atoms with Crippen molar-refractivity contribution in [2.45, 2.75) is 99.0 Å². The van der Waals surface area contributed by atoms with E-state index in [1.165, 1.54) is 44.9 Å². The van der Waals surface area contributed by atoms with Crippen LogP contribution in [0.5, 0.6) is 0 Å². The van der Waals surface area contributed by atoms with Crippen LogP contribution >= 0.6 is 17.0 Å². The van der Waals surface area contributed by atoms with E-state index in [1.54, 1.807) is 0 Å². The SMILES string of the molecule is Br.CCC(CCC(C)C)C(N)(CCC(C)C)CCC(C)C. The van der Waals surface area contributed by atoms with E-state index in [2.05, 4.69) is 48.5 Å². The molecule has 0 bridgehead atoms. The third-order valence-corrected chi connectivity index (χ3v) is 4.77. The van der Waals surface area contributed by atoms with E-state index >= 15 is 0 Å². The molecule has 2 N–H and O–H groups in total. The molecule has 0 radical (unpaired) electrons. The topological polar surface area (TPSA) is 26.0 Å². The third kappa shape index (κ3) is 10.7. The molecule has 1 nitrogen and oxygen atoms in total. The summed E-state index contributed by atoms with van der Waals surface area (Å²) in [6.07, 6.45) is 8.81. The first kappa shape index (κ1) is 23.7. The smallest absolute Gasteiger partial charge is 0.0182 e. The van der Waals surface area contributed by atoms with Crippen LogP contribution < -0.4 is 5.73 Å². The molecule has 0 aliphatic carbocycles. The molecule has 0 aliphatic rings. The van der Waals surface area contributed by atoms with E-state index in [4.69, 9.17) is 5.73 Å². The molecule has 2 heteroatoms. The summed E-state index contributed by atoms with van der Waals surface area (Å²) in [5.41, 5.74) is 7.00. The van der Waals surface area contributed by atoms with Gasteiger partial charge in [0.15, 0.2) is 0 Å². The van der Waals surface area contributed by atoms with Crippen LogP contribution in [0.3, 0.4) is 0 Å². The zero-order valence-electron chi connectivity index (χ0n) is 15.7. The predicted octanol–water partition coefficient (Wildman–Crippen LogP) is 6.60. The molecule has 130 valence electrons. The first-order valence-electron chi connectivity index (χ1n) is 9.00. The highest BCUT2D eigenvalue weighted by molar-refractivity contribution is 8.93. The fourth-order valence-electron chi connectivity index (χ4n) is 3.08. The second-order valence-electron chi connectivity index (χ2n) is 8.17. The maximum atomic E-state index is 6.94. The zero-order chi connectivity index (χ0) is 15.8. The molecule has 0 saturated carbocycles. The fourth-order valence-corrected chi connectivity index (χ4v) is 3.08. The predicted molar refractivity (Wildman–Crippen MR) is 103 cm³/mol. The molecule has 0 aromatic carbocycles. The first-order chi connectivity index (χ1) is 9.21. The number of rotatable bonds is 11. The Bertz CT molecular complexity index is 224. The van der Waals surface area contributed by atoms with Gasteiger partial charge >= 0.3 is 0 Å². The van der Waals surface area contributed by atoms with E-state index in [0.717, 1.165) is 17.8 Å². The van der Waals surface area contributed by atoms with Crippen molar-refractivity contribution < 1.29 is 0 Å². The third-order valence-electron chi connectivity index (χ3n) is 4.77. The van der Waals surface area contributed by atoms with Crippen LogP contribution in [-0.2, 0) is 0 Å². The van der Waals surface area contributed by atoms with Crippen molar-refractivity contribution in [3.8, 4) is 0 Å². The van der Waals surface area contributed by atoms with E-state index in [9.17, 15) is 0 Å². The van der Waals surface area contributed by atoms with Crippen LogP contribution in [-0.4, -0.2) is 5.54 Å². The van der Waals surface area contributed by atoms with Gasteiger partial charge in [0.25, 0.3) is 0 Å². The molecule has 0 aromatic rings. The number of hydrogen-bond acceptors (Lipinski definition) is 1. The standard InChI is InChI=1S/C19H41N.BrH/c1-8-18(10-9-15(2)3)19(20,13-11-16(4)5)14-12-17(6)7;/h15-18H,8-14,20H2,1-7H3;1H. The molecule has 21 heavy (non-hydrogen) atoms. The van der Waals surface area contributed by atoms with Crippen molar-refractivity contribution >= 4 is 17.0 Å². The Labute approximate surface area is 145 Å². The summed E-state index contributed by atoms with van der Waals surface area (Å²) in [5, 5.41) is 0. The molecular weight excluding hydrogens is 322 g/mol. The van der Waals surface area contributed by atoms with Gasteiger partial charge in [0, 0.05) is 5.54 Å². The first-order valence-corrected chi connectivity index (χ1v) is 9.00. The summed E-state index contributed by atoms with van der Waals surface area (Å²) in [4.78, 5) is 0. The maximum Gasteiger partial charge on any atom is 0.0182 e. The molecule has 0 aliphatic heterocycles. The van der Waals surface area contributed by atoms with Crippen molar-refractivity contribution in [1.29, 1.82) is 0 Å². The van der Waals surface area contributed by atoms with Crippen LogP contribution in [0.4, 0.5) is 0 Å². The van der Waals surface area contributed by atoms with Gasteiger partial charge in [-0.15, -0.1) is 17.0 Å². The molecule has 0 aromatic heterocycles. The monoisotopic (exact) mass is 363 g/mol. The van der Waals surface area contributed by atoms with E-state index < -0.39 is 0 Å². The largest absolute Gasteiger partial charge is 0.325 e. The van der Waals surface area contributed by atoms with Crippen molar-refractivity contribution in [2.24, 2.45) is 29.4 Å². The van der Waals surface area contributed by atoms with Gasteiger partial charge in [-0.05, 0) is 55.8 Å². The summed E-state index contributed by atoms with van der Waals surface area (Å²) < 4.78 is 0. The lowest BCUT2D eigenvalue weighted by molar-refractivity contribution is 0.185. The molecule has 1 unspecified atom stereocenters. The van der Waals surface area contributed by atoms with Crippen molar-refractivity contribution in [3.05, 3.63) is 0 Å². The van der Waals surface area contributed by atoms with Crippen LogP contribution in [0, 0.1) is 23.7 Å². The Balaban J connectivity index is 0. The van der Waals surface area contributed by atoms with Crippen LogP contribution in [0.1, 0.15) is 93.4 Å². The summed E-state index contributed by atoms with van der Waals surface area (Å²) in [7, 11) is 0. The summed E-state index contributed by atoms with van der Waals surface area (Å²) in [6, 6.07) is 0. The molecular formula is C19H42BrN. The van der Waals surface area contributed by atoms with Crippen LogP contribution in [0.15, 0.2) is 0 Å². The van der Waals surface area contributed by atoms with Crippen LogP contribution in [0.2, 0.25) is 0 Å². The van der Waals surface area contributed by atoms with E-state index in [-0.39, 0.29) is 22.5 Å². The Morgan fingerprint density at radius 1 is 0.714 bits per heavy atom. The Kier molecular flexibility index (Phi) is 13.5. The zero-order valence-corrected chi connectivity index (χ0v) is 17.5. The summed E-state index contributed by atoms with van der Waals surface area (Å²) >= 11 is 0. The molecule has 0 saturated heterocycles. The minimum Gasteiger partial charge on any atom is -0.325 e. The highest BCUT2D eigenvalue weighted by atomic mass is 79.9. The number of hydrogen-bond donors (Lipinski definition) is 1. The second kappa shape index (κ2) is 11.9. The molecule has 0 amide bonds. The lowest BCUT2D eigenvalue weighted by Gasteiger charge is -2.39. The van der Waals surface area contributed by atoms with Crippen molar-refractivity contribution in [2.75, 3.05) is 0 Å². The molecule has 1 atom stereocenters. The van der Waals surface area contributed by atoms with Gasteiger partial charge in [-0.1, -0.05) is 61.3 Å². The highest BCUT2D eigenvalue weighted by Crippen LogP contribution is 2.34. The quantitative estimate of drug-likeness (QED) is 0.439. The van der Waals surface area contributed by atoms with Gasteiger partial charge in [-0.2, -0.15) is 0 Å². The Morgan fingerprint density at radius 3 is 1.38 bits per heavy atom. The normalized spacial score (nSPS) is 13.9. The molecule has 0 heterocycles. The minimum absolute atomic E-state index is 0. The number of nitrogens with two attached hydrogens (primary N) is 1. The van der Waals surface area contributed by atoms with E-state index in [1.807, 2.05) is 0 Å². The second-order valence-corrected chi connectivity index (χ2v) is 8.17. The molecule has 0 spiro atoms. The average molecular weight is 364 g/mol. The number of halogens is 1. The Hall–Kier alpha value is 0.440. The van der Waals surface area contributed by atoms with Gasteiger partial charge in [0.2, 0.25) is 0 Å². The highest BCUT2D eigenvalue weighted by Gasteiger charge is 2.33.